The summed E-state index contributed by atoms with van der Waals surface area (Å²) in [5, 5.41) is 14.9. The molecule has 1 aliphatic rings. The van der Waals surface area contributed by atoms with E-state index in [9.17, 15) is 9.59 Å². The van der Waals surface area contributed by atoms with Crippen molar-refractivity contribution in [2.45, 2.75) is 71.0 Å². The number of esters is 1. The first-order valence-corrected chi connectivity index (χ1v) is 14.4. The standard InChI is InChI=1S/C27H34N4O3S2/c1-5-31-22(14-19-9-7-6-8-10-19)29-30-27(31)36-16-23(32)28-25-24(26(33)34-4)21(15-35-25)20-13-17(2)11-12-18(20)3/h11-13,15,19H,5-10,14,16H2,1-4H3,(H,28,32). The van der Waals surface area contributed by atoms with E-state index in [4.69, 9.17) is 4.74 Å². The van der Waals surface area contributed by atoms with Crippen LogP contribution in [0.4, 0.5) is 5.00 Å². The van der Waals surface area contributed by atoms with E-state index in [1.165, 1.54) is 62.3 Å². The summed E-state index contributed by atoms with van der Waals surface area (Å²) in [4.78, 5) is 25.6. The van der Waals surface area contributed by atoms with Crippen molar-refractivity contribution in [2.24, 2.45) is 5.92 Å². The molecule has 0 atom stereocenters. The van der Waals surface area contributed by atoms with Gasteiger partial charge in [0.25, 0.3) is 0 Å². The van der Waals surface area contributed by atoms with Gasteiger partial charge in [-0.05, 0) is 37.8 Å². The number of hydrogen-bond acceptors (Lipinski definition) is 7. The molecule has 3 aromatic rings. The molecule has 0 spiro atoms. The van der Waals surface area contributed by atoms with Crippen molar-refractivity contribution in [3.63, 3.8) is 0 Å². The van der Waals surface area contributed by atoms with Gasteiger partial charge in [0.05, 0.1) is 12.9 Å². The smallest absolute Gasteiger partial charge is 0.341 e. The van der Waals surface area contributed by atoms with Gasteiger partial charge in [-0.1, -0.05) is 67.6 Å². The number of carbonyl (C=O) groups is 2. The normalized spacial score (nSPS) is 14.1. The zero-order chi connectivity index (χ0) is 25.7. The van der Waals surface area contributed by atoms with Crippen molar-refractivity contribution in [2.75, 3.05) is 18.2 Å². The predicted molar refractivity (Wildman–Crippen MR) is 146 cm³/mol. The van der Waals surface area contributed by atoms with Gasteiger partial charge in [0, 0.05) is 23.9 Å². The van der Waals surface area contributed by atoms with Gasteiger partial charge >= 0.3 is 5.97 Å². The summed E-state index contributed by atoms with van der Waals surface area (Å²) in [6, 6.07) is 6.12. The van der Waals surface area contributed by atoms with E-state index in [0.717, 1.165) is 46.2 Å². The van der Waals surface area contributed by atoms with Gasteiger partial charge in [0.1, 0.15) is 16.4 Å². The van der Waals surface area contributed by atoms with Crippen molar-refractivity contribution in [3.8, 4) is 11.1 Å². The van der Waals surface area contributed by atoms with Gasteiger partial charge in [-0.2, -0.15) is 0 Å². The molecule has 1 fully saturated rings. The zero-order valence-corrected chi connectivity index (χ0v) is 23.1. The monoisotopic (exact) mass is 526 g/mol. The highest BCUT2D eigenvalue weighted by Crippen LogP contribution is 2.38. The Kier molecular flexibility index (Phi) is 8.85. The molecular formula is C27H34N4O3S2. The van der Waals surface area contributed by atoms with E-state index in [2.05, 4.69) is 27.0 Å². The first kappa shape index (κ1) is 26.4. The van der Waals surface area contributed by atoms with E-state index in [1.807, 2.05) is 37.4 Å². The van der Waals surface area contributed by atoms with Crippen LogP contribution in [0.15, 0.2) is 28.7 Å². The number of methoxy groups -OCH3 is 1. The van der Waals surface area contributed by atoms with Crippen molar-refractivity contribution in [3.05, 3.63) is 46.1 Å². The highest BCUT2D eigenvalue weighted by molar-refractivity contribution is 7.99. The maximum absolute atomic E-state index is 12.9. The number of nitrogens with one attached hydrogen (secondary N) is 1. The molecule has 0 radical (unpaired) electrons. The number of anilines is 1. The van der Waals surface area contributed by atoms with Gasteiger partial charge < -0.3 is 14.6 Å². The molecule has 192 valence electrons. The molecule has 1 N–H and O–H groups in total. The Morgan fingerprint density at radius 2 is 1.94 bits per heavy atom. The third kappa shape index (κ3) is 6.00. The van der Waals surface area contributed by atoms with Crippen LogP contribution in [0.5, 0.6) is 0 Å². The average Bonchev–Trinajstić information content (AvgIpc) is 3.47. The molecule has 0 bridgehead atoms. The third-order valence-corrected chi connectivity index (χ3v) is 8.62. The Labute approximate surface area is 221 Å². The molecule has 1 aromatic carbocycles. The van der Waals surface area contributed by atoms with Crippen LogP contribution >= 0.6 is 23.1 Å². The summed E-state index contributed by atoms with van der Waals surface area (Å²) in [7, 11) is 1.36. The van der Waals surface area contributed by atoms with Gasteiger partial charge in [-0.25, -0.2) is 4.79 Å². The van der Waals surface area contributed by atoms with E-state index in [-0.39, 0.29) is 11.7 Å². The van der Waals surface area contributed by atoms with Crippen LogP contribution in [0.1, 0.15) is 66.3 Å². The van der Waals surface area contributed by atoms with Crippen molar-refractivity contribution in [1.29, 1.82) is 0 Å². The highest BCUT2D eigenvalue weighted by Gasteiger charge is 2.24. The molecule has 4 rings (SSSR count). The first-order chi connectivity index (χ1) is 17.4. The molecule has 36 heavy (non-hydrogen) atoms. The Bertz CT molecular complexity index is 1230. The number of benzene rings is 1. The summed E-state index contributed by atoms with van der Waals surface area (Å²) in [5.41, 5.74) is 4.28. The van der Waals surface area contributed by atoms with Gasteiger partial charge in [-0.3, -0.25) is 4.79 Å². The number of aryl methyl sites for hydroxylation is 2. The fourth-order valence-electron chi connectivity index (χ4n) is 4.82. The Hall–Kier alpha value is -2.65. The number of hydrogen-bond donors (Lipinski definition) is 1. The highest BCUT2D eigenvalue weighted by atomic mass is 32.2. The lowest BCUT2D eigenvalue weighted by atomic mass is 9.87. The second kappa shape index (κ2) is 12.1. The van der Waals surface area contributed by atoms with Gasteiger partial charge in [-0.15, -0.1) is 21.5 Å². The third-order valence-electron chi connectivity index (χ3n) is 6.75. The Morgan fingerprint density at radius 1 is 1.17 bits per heavy atom. The predicted octanol–water partition coefficient (Wildman–Crippen LogP) is 6.28. The van der Waals surface area contributed by atoms with Crippen LogP contribution in [0.3, 0.4) is 0 Å². The minimum atomic E-state index is -0.465. The SMILES string of the molecule is CCn1c(CC2CCCCC2)nnc1SCC(=O)Nc1scc(-c2cc(C)ccc2C)c1C(=O)OC. The largest absolute Gasteiger partial charge is 0.465 e. The lowest BCUT2D eigenvalue weighted by molar-refractivity contribution is -0.113. The quantitative estimate of drug-likeness (QED) is 0.261. The van der Waals surface area contributed by atoms with E-state index in [0.29, 0.717) is 16.5 Å². The fourth-order valence-corrected chi connectivity index (χ4v) is 6.60. The average molecular weight is 527 g/mol. The summed E-state index contributed by atoms with van der Waals surface area (Å²) >= 11 is 2.71. The molecule has 0 unspecified atom stereocenters. The minimum Gasteiger partial charge on any atom is -0.465 e. The molecule has 0 aliphatic heterocycles. The number of thioether (sulfide) groups is 1. The number of amides is 1. The lowest BCUT2D eigenvalue weighted by Crippen LogP contribution is -2.17. The van der Waals surface area contributed by atoms with E-state index >= 15 is 0 Å². The van der Waals surface area contributed by atoms with Crippen LogP contribution in [-0.4, -0.2) is 39.5 Å². The molecule has 1 aliphatic carbocycles. The molecule has 2 aromatic heterocycles. The number of nitrogens with zero attached hydrogens (tertiary/aromatic N) is 3. The summed E-state index contributed by atoms with van der Waals surface area (Å²) in [6.45, 7) is 6.88. The van der Waals surface area contributed by atoms with Crippen molar-refractivity contribution in [1.82, 2.24) is 14.8 Å². The number of aromatic nitrogens is 3. The second-order valence-corrected chi connectivity index (χ2v) is 11.2. The Balaban J connectivity index is 1.46. The van der Waals surface area contributed by atoms with Crippen LogP contribution in [-0.2, 0) is 22.5 Å². The zero-order valence-electron chi connectivity index (χ0n) is 21.4. The molecule has 1 amide bonds. The summed E-state index contributed by atoms with van der Waals surface area (Å²) < 4.78 is 7.18. The second-order valence-electron chi connectivity index (χ2n) is 9.35. The molecule has 9 heteroatoms. The lowest BCUT2D eigenvalue weighted by Gasteiger charge is -2.21. The number of ether oxygens (including phenoxy) is 1. The molecular weight excluding hydrogens is 492 g/mol. The van der Waals surface area contributed by atoms with Crippen LogP contribution in [0.2, 0.25) is 0 Å². The molecule has 1 saturated carbocycles. The maximum Gasteiger partial charge on any atom is 0.341 e. The van der Waals surface area contributed by atoms with E-state index < -0.39 is 5.97 Å². The van der Waals surface area contributed by atoms with Gasteiger partial charge in [0.2, 0.25) is 5.91 Å². The summed E-state index contributed by atoms with van der Waals surface area (Å²) in [6.07, 6.45) is 7.40. The molecule has 7 nitrogen and oxygen atoms in total. The maximum atomic E-state index is 12.9. The minimum absolute atomic E-state index is 0.179. The summed E-state index contributed by atoms with van der Waals surface area (Å²) in [5.74, 6) is 1.21. The first-order valence-electron chi connectivity index (χ1n) is 12.5. The van der Waals surface area contributed by atoms with E-state index in [1.54, 1.807) is 0 Å². The van der Waals surface area contributed by atoms with Crippen molar-refractivity contribution < 1.29 is 14.3 Å². The van der Waals surface area contributed by atoms with Crippen LogP contribution < -0.4 is 5.32 Å². The number of carbonyl (C=O) groups excluding carboxylic acids is 2. The van der Waals surface area contributed by atoms with Crippen LogP contribution in [0.25, 0.3) is 11.1 Å². The van der Waals surface area contributed by atoms with Gasteiger partial charge in [0.15, 0.2) is 5.16 Å². The Morgan fingerprint density at radius 3 is 2.67 bits per heavy atom. The number of thiophene rings is 1. The van der Waals surface area contributed by atoms with Crippen molar-refractivity contribution >= 4 is 40.0 Å². The fraction of sp³-hybridized carbons (Fsp3) is 0.481. The molecule has 2 heterocycles. The topological polar surface area (TPSA) is 86.1 Å². The van der Waals surface area contributed by atoms with Crippen LogP contribution in [0, 0.1) is 19.8 Å². The number of rotatable bonds is 9. The molecule has 0 saturated heterocycles.